The van der Waals surface area contributed by atoms with Crippen molar-refractivity contribution in [1.82, 2.24) is 0 Å². The zero-order valence-corrected chi connectivity index (χ0v) is 8.89. The molecule has 1 aliphatic rings. The Labute approximate surface area is 87.8 Å². The van der Waals surface area contributed by atoms with E-state index in [4.69, 9.17) is 16.3 Å². The lowest BCUT2D eigenvalue weighted by molar-refractivity contribution is 0.112. The van der Waals surface area contributed by atoms with E-state index in [1.807, 2.05) is 19.9 Å². The second-order valence-corrected chi connectivity index (χ2v) is 4.55. The maximum Gasteiger partial charge on any atom is 0.150 e. The molecule has 0 bridgehead atoms. The van der Waals surface area contributed by atoms with Crippen LogP contribution in [-0.2, 0) is 6.42 Å². The first-order valence-corrected chi connectivity index (χ1v) is 4.86. The summed E-state index contributed by atoms with van der Waals surface area (Å²) in [7, 11) is 0. The minimum Gasteiger partial charge on any atom is -0.486 e. The smallest absolute Gasteiger partial charge is 0.150 e. The summed E-state index contributed by atoms with van der Waals surface area (Å²) < 4.78 is 5.68. The summed E-state index contributed by atoms with van der Waals surface area (Å²) in [6.07, 6.45) is 1.60. The van der Waals surface area contributed by atoms with Crippen molar-refractivity contribution in [2.75, 3.05) is 0 Å². The first-order valence-electron chi connectivity index (χ1n) is 4.48. The third kappa shape index (κ3) is 1.50. The molecule has 14 heavy (non-hydrogen) atoms. The fourth-order valence-electron chi connectivity index (χ4n) is 1.76. The quantitative estimate of drug-likeness (QED) is 0.667. The third-order valence-electron chi connectivity index (χ3n) is 2.27. The number of aldehydes is 1. The Morgan fingerprint density at radius 3 is 2.86 bits per heavy atom. The lowest BCUT2D eigenvalue weighted by Gasteiger charge is -2.17. The Morgan fingerprint density at radius 1 is 1.50 bits per heavy atom. The first-order chi connectivity index (χ1) is 6.52. The minimum atomic E-state index is -0.215. The molecule has 0 atom stereocenters. The predicted molar refractivity (Wildman–Crippen MR) is 55.3 cm³/mol. The van der Waals surface area contributed by atoms with Crippen molar-refractivity contribution in [2.45, 2.75) is 25.9 Å². The van der Waals surface area contributed by atoms with Crippen LogP contribution < -0.4 is 4.74 Å². The average Bonchev–Trinajstić information content (AvgIpc) is 2.40. The second-order valence-electron chi connectivity index (χ2n) is 4.15. The van der Waals surface area contributed by atoms with Crippen LogP contribution in [0.2, 0.25) is 5.02 Å². The molecule has 0 N–H and O–H groups in total. The normalized spacial score (nSPS) is 17.4. The van der Waals surface area contributed by atoms with Gasteiger partial charge >= 0.3 is 0 Å². The van der Waals surface area contributed by atoms with E-state index in [0.717, 1.165) is 24.0 Å². The van der Waals surface area contributed by atoms with Crippen molar-refractivity contribution in [2.24, 2.45) is 0 Å². The fourth-order valence-corrected chi connectivity index (χ4v) is 2.04. The summed E-state index contributed by atoms with van der Waals surface area (Å²) in [5.41, 5.74) is 1.41. The van der Waals surface area contributed by atoms with Crippen molar-refractivity contribution in [1.29, 1.82) is 0 Å². The van der Waals surface area contributed by atoms with Gasteiger partial charge in [0.1, 0.15) is 17.6 Å². The largest absolute Gasteiger partial charge is 0.486 e. The monoisotopic (exact) mass is 210 g/mol. The number of ether oxygens (including phenoxy) is 1. The topological polar surface area (TPSA) is 26.3 Å². The summed E-state index contributed by atoms with van der Waals surface area (Å²) in [6.45, 7) is 4.01. The van der Waals surface area contributed by atoms with Crippen LogP contribution in [0.1, 0.15) is 29.8 Å². The molecule has 1 aromatic rings. The number of benzene rings is 1. The van der Waals surface area contributed by atoms with Crippen LogP contribution in [0, 0.1) is 0 Å². The molecule has 0 unspecified atom stereocenters. The van der Waals surface area contributed by atoms with Gasteiger partial charge in [-0.2, -0.15) is 0 Å². The molecule has 0 saturated heterocycles. The van der Waals surface area contributed by atoms with E-state index in [1.54, 1.807) is 6.07 Å². The van der Waals surface area contributed by atoms with E-state index in [0.29, 0.717) is 10.6 Å². The highest BCUT2D eigenvalue weighted by molar-refractivity contribution is 6.32. The van der Waals surface area contributed by atoms with Gasteiger partial charge in [-0.25, -0.2) is 0 Å². The minimum absolute atomic E-state index is 0.215. The molecule has 1 heterocycles. The molecule has 1 aliphatic heterocycles. The van der Waals surface area contributed by atoms with E-state index in [9.17, 15) is 4.79 Å². The van der Waals surface area contributed by atoms with Crippen LogP contribution in [0.4, 0.5) is 0 Å². The van der Waals surface area contributed by atoms with Gasteiger partial charge in [0.05, 0.1) is 5.02 Å². The maximum atomic E-state index is 10.6. The number of hydrogen-bond acceptors (Lipinski definition) is 2. The molecule has 3 heteroatoms. The number of carbonyl (C=O) groups is 1. The van der Waals surface area contributed by atoms with Gasteiger partial charge in [-0.15, -0.1) is 0 Å². The SMILES string of the molecule is CC1(C)Cc2cc(C=O)cc(Cl)c2O1. The number of halogens is 1. The number of hydrogen-bond donors (Lipinski definition) is 0. The highest BCUT2D eigenvalue weighted by Crippen LogP contribution is 2.40. The van der Waals surface area contributed by atoms with Crippen molar-refractivity contribution in [3.63, 3.8) is 0 Å². The van der Waals surface area contributed by atoms with Crippen molar-refractivity contribution in [3.8, 4) is 5.75 Å². The first kappa shape index (κ1) is 9.53. The molecule has 0 fully saturated rings. The van der Waals surface area contributed by atoms with E-state index < -0.39 is 0 Å². The summed E-state index contributed by atoms with van der Waals surface area (Å²) in [4.78, 5) is 10.6. The molecule has 0 aliphatic carbocycles. The molecule has 2 rings (SSSR count). The van der Waals surface area contributed by atoms with Gasteiger partial charge in [0, 0.05) is 17.5 Å². The van der Waals surface area contributed by atoms with Crippen LogP contribution in [-0.4, -0.2) is 11.9 Å². The Bertz CT molecular complexity index is 397. The third-order valence-corrected chi connectivity index (χ3v) is 2.55. The molecular weight excluding hydrogens is 200 g/mol. The van der Waals surface area contributed by atoms with Crippen LogP contribution in [0.3, 0.4) is 0 Å². The highest BCUT2D eigenvalue weighted by Gasteiger charge is 2.31. The Kier molecular flexibility index (Phi) is 2.04. The van der Waals surface area contributed by atoms with Gasteiger partial charge in [-0.05, 0) is 26.0 Å². The molecule has 0 saturated carbocycles. The number of fused-ring (bicyclic) bond motifs is 1. The molecule has 74 valence electrons. The summed E-state index contributed by atoms with van der Waals surface area (Å²) in [5, 5.41) is 0.523. The molecule has 0 spiro atoms. The predicted octanol–water partition coefficient (Wildman–Crippen LogP) is 2.87. The van der Waals surface area contributed by atoms with Crippen molar-refractivity contribution < 1.29 is 9.53 Å². The van der Waals surface area contributed by atoms with Crippen molar-refractivity contribution in [3.05, 3.63) is 28.3 Å². The average molecular weight is 211 g/mol. The number of carbonyl (C=O) groups excluding carboxylic acids is 1. The van der Waals surface area contributed by atoms with Crippen molar-refractivity contribution >= 4 is 17.9 Å². The van der Waals surface area contributed by atoms with Gasteiger partial charge in [0.2, 0.25) is 0 Å². The molecule has 2 nitrogen and oxygen atoms in total. The second kappa shape index (κ2) is 2.99. The molecule has 0 radical (unpaired) electrons. The van der Waals surface area contributed by atoms with Crippen LogP contribution in [0.5, 0.6) is 5.75 Å². The van der Waals surface area contributed by atoms with E-state index in [1.165, 1.54) is 0 Å². The van der Waals surface area contributed by atoms with Gasteiger partial charge in [0.15, 0.2) is 0 Å². The summed E-state index contributed by atoms with van der Waals surface area (Å²) in [6, 6.07) is 3.47. The molecule has 0 aromatic heterocycles. The number of rotatable bonds is 1. The standard InChI is InChI=1S/C11H11ClO2/c1-11(2)5-8-3-7(6-13)4-9(12)10(8)14-11/h3-4,6H,5H2,1-2H3. The van der Waals surface area contributed by atoms with Crippen LogP contribution in [0.25, 0.3) is 0 Å². The van der Waals surface area contributed by atoms with E-state index in [2.05, 4.69) is 0 Å². The lowest BCUT2D eigenvalue weighted by atomic mass is 10.0. The molecular formula is C11H11ClO2. The lowest BCUT2D eigenvalue weighted by Crippen LogP contribution is -2.24. The molecule has 0 amide bonds. The Hall–Kier alpha value is -1.02. The Morgan fingerprint density at radius 2 is 2.21 bits per heavy atom. The zero-order valence-electron chi connectivity index (χ0n) is 8.13. The van der Waals surface area contributed by atoms with Crippen LogP contribution in [0.15, 0.2) is 12.1 Å². The van der Waals surface area contributed by atoms with Gasteiger partial charge in [-0.1, -0.05) is 11.6 Å². The van der Waals surface area contributed by atoms with Gasteiger partial charge < -0.3 is 4.74 Å². The van der Waals surface area contributed by atoms with E-state index in [-0.39, 0.29) is 5.60 Å². The summed E-state index contributed by atoms with van der Waals surface area (Å²) >= 11 is 6.00. The Balaban J connectivity index is 2.52. The van der Waals surface area contributed by atoms with Crippen LogP contribution >= 0.6 is 11.6 Å². The summed E-state index contributed by atoms with van der Waals surface area (Å²) in [5.74, 6) is 0.724. The van der Waals surface area contributed by atoms with Gasteiger partial charge in [0.25, 0.3) is 0 Å². The zero-order chi connectivity index (χ0) is 10.3. The van der Waals surface area contributed by atoms with Gasteiger partial charge in [-0.3, -0.25) is 4.79 Å². The van der Waals surface area contributed by atoms with E-state index >= 15 is 0 Å². The maximum absolute atomic E-state index is 10.6. The fraction of sp³-hybridized carbons (Fsp3) is 0.364. The highest BCUT2D eigenvalue weighted by atomic mass is 35.5. The molecule has 1 aromatic carbocycles.